The Morgan fingerprint density at radius 1 is 0.755 bits per heavy atom. The topological polar surface area (TPSA) is 68.7 Å². The van der Waals surface area contributed by atoms with Crippen molar-refractivity contribution >= 4 is 32.7 Å². The summed E-state index contributed by atoms with van der Waals surface area (Å²) in [5.74, 6) is 2.80. The lowest BCUT2D eigenvalue weighted by atomic mass is 10.0. The molecule has 4 heterocycles. The molecule has 0 aliphatic rings. The number of ether oxygens (including phenoxy) is 1. The van der Waals surface area contributed by atoms with Crippen LogP contribution >= 0.6 is 0 Å². The second kappa shape index (κ2) is 12.1. The van der Waals surface area contributed by atoms with Gasteiger partial charge in [-0.2, -0.15) is 5.26 Å². The van der Waals surface area contributed by atoms with Gasteiger partial charge in [-0.15, -0.1) is 0 Å². The van der Waals surface area contributed by atoms with E-state index in [0.717, 1.165) is 62.0 Å². The second-order valence-corrected chi connectivity index (χ2v) is 13.2. The zero-order valence-corrected chi connectivity index (χ0v) is 28.0. The zero-order chi connectivity index (χ0) is 33.6. The first-order valence-corrected chi connectivity index (χ1v) is 16.6. The number of hydrogen-bond acceptors (Lipinski definition) is 4. The van der Waals surface area contributed by atoms with Crippen LogP contribution in [0.1, 0.15) is 36.1 Å². The van der Waals surface area contributed by atoms with E-state index in [9.17, 15) is 5.26 Å². The van der Waals surface area contributed by atoms with Gasteiger partial charge >= 0.3 is 0 Å². The Kier molecular flexibility index (Phi) is 7.46. The average Bonchev–Trinajstić information content (AvgIpc) is 3.66. The van der Waals surface area contributed by atoms with Gasteiger partial charge in [0, 0.05) is 40.2 Å². The number of benzene rings is 4. The molecule has 0 aliphatic heterocycles. The fourth-order valence-electron chi connectivity index (χ4n) is 6.99. The SMILES string of the molecule is Cc1cccc(C)c1-n1ccc2cc(-c3cccc(Oc4ccc5c6cc(C#N)ccc6n(-c6cc(CC(C)C)ccn6)c5c4)c3)ncc21. The van der Waals surface area contributed by atoms with Crippen molar-refractivity contribution in [1.29, 1.82) is 5.26 Å². The molecule has 0 amide bonds. The number of fused-ring (bicyclic) bond motifs is 4. The van der Waals surface area contributed by atoms with Crippen molar-refractivity contribution in [2.45, 2.75) is 34.1 Å². The van der Waals surface area contributed by atoms with Gasteiger partial charge in [-0.3, -0.25) is 9.55 Å². The summed E-state index contributed by atoms with van der Waals surface area (Å²) in [5.41, 5.74) is 10.4. The van der Waals surface area contributed by atoms with Crippen LogP contribution in [-0.4, -0.2) is 19.1 Å². The Hall–Kier alpha value is -6.19. The molecular formula is C43H35N5O. The van der Waals surface area contributed by atoms with Gasteiger partial charge in [0.15, 0.2) is 0 Å². The lowest BCUT2D eigenvalue weighted by Crippen LogP contribution is -2.01. The number of aryl methyl sites for hydroxylation is 2. The van der Waals surface area contributed by atoms with Gasteiger partial charge < -0.3 is 9.30 Å². The predicted octanol–water partition coefficient (Wildman–Crippen LogP) is 10.7. The third kappa shape index (κ3) is 5.50. The maximum absolute atomic E-state index is 9.65. The highest BCUT2D eigenvalue weighted by Crippen LogP contribution is 2.36. The fourth-order valence-corrected chi connectivity index (χ4v) is 6.99. The van der Waals surface area contributed by atoms with Crippen molar-refractivity contribution < 1.29 is 4.74 Å². The van der Waals surface area contributed by atoms with Crippen LogP contribution in [0.15, 0.2) is 122 Å². The normalized spacial score (nSPS) is 11.5. The lowest BCUT2D eigenvalue weighted by molar-refractivity contribution is 0.483. The molecule has 4 aromatic carbocycles. The van der Waals surface area contributed by atoms with E-state index in [4.69, 9.17) is 14.7 Å². The van der Waals surface area contributed by atoms with Gasteiger partial charge in [-0.1, -0.05) is 44.2 Å². The van der Waals surface area contributed by atoms with Crippen molar-refractivity contribution in [2.24, 2.45) is 5.92 Å². The van der Waals surface area contributed by atoms with E-state index in [-0.39, 0.29) is 0 Å². The predicted molar refractivity (Wildman–Crippen MR) is 198 cm³/mol. The number of pyridine rings is 2. The van der Waals surface area contributed by atoms with Crippen LogP contribution in [0.25, 0.3) is 55.5 Å². The second-order valence-electron chi connectivity index (χ2n) is 13.2. The monoisotopic (exact) mass is 637 g/mol. The molecule has 0 saturated heterocycles. The number of para-hydroxylation sites is 1. The molecule has 49 heavy (non-hydrogen) atoms. The van der Waals surface area contributed by atoms with E-state index >= 15 is 0 Å². The van der Waals surface area contributed by atoms with Crippen LogP contribution in [0.2, 0.25) is 0 Å². The number of nitrogens with zero attached hydrogens (tertiary/aromatic N) is 5. The standard InChI is InChI=1S/C43H35N5O/c1-27(2)19-30-15-17-45-42(21-30)48-39-14-11-31(25-44)20-37(39)36-13-12-35(24-40(36)48)49-34-10-6-9-32(22-34)38-23-33-16-18-47(41(33)26-46-38)43-28(3)7-5-8-29(43)4/h5-18,20-24,26-27H,19H2,1-4H3. The molecular weight excluding hydrogens is 603 g/mol. The van der Waals surface area contributed by atoms with Crippen molar-refractivity contribution in [1.82, 2.24) is 19.1 Å². The minimum atomic E-state index is 0.531. The third-order valence-electron chi connectivity index (χ3n) is 9.17. The van der Waals surface area contributed by atoms with E-state index in [1.807, 2.05) is 54.9 Å². The Balaban J connectivity index is 1.16. The molecule has 0 saturated carbocycles. The number of hydrogen-bond donors (Lipinski definition) is 0. The van der Waals surface area contributed by atoms with Gasteiger partial charge in [0.05, 0.1) is 45.8 Å². The summed E-state index contributed by atoms with van der Waals surface area (Å²) in [6.45, 7) is 8.74. The molecule has 0 fully saturated rings. The van der Waals surface area contributed by atoms with Gasteiger partial charge in [-0.25, -0.2) is 4.98 Å². The van der Waals surface area contributed by atoms with Crippen molar-refractivity contribution in [3.8, 4) is 40.3 Å². The first-order valence-electron chi connectivity index (χ1n) is 16.6. The van der Waals surface area contributed by atoms with Crippen LogP contribution in [0.4, 0.5) is 0 Å². The summed E-state index contributed by atoms with van der Waals surface area (Å²) < 4.78 is 10.9. The molecule has 0 aliphatic carbocycles. The average molecular weight is 638 g/mol. The fraction of sp³-hybridized carbons (Fsp3) is 0.140. The quantitative estimate of drug-likeness (QED) is 0.174. The van der Waals surface area contributed by atoms with E-state index in [1.165, 1.54) is 22.4 Å². The van der Waals surface area contributed by atoms with Gasteiger partial charge in [0.2, 0.25) is 0 Å². The van der Waals surface area contributed by atoms with Gasteiger partial charge in [0.1, 0.15) is 17.3 Å². The third-order valence-corrected chi connectivity index (χ3v) is 9.17. The Bertz CT molecular complexity index is 2560. The van der Waals surface area contributed by atoms with Gasteiger partial charge in [0.25, 0.3) is 0 Å². The highest BCUT2D eigenvalue weighted by molar-refractivity contribution is 6.10. The molecule has 0 N–H and O–H groups in total. The first-order chi connectivity index (χ1) is 23.9. The van der Waals surface area contributed by atoms with Crippen molar-refractivity contribution in [3.05, 3.63) is 144 Å². The van der Waals surface area contributed by atoms with Crippen LogP contribution in [0.5, 0.6) is 11.5 Å². The lowest BCUT2D eigenvalue weighted by Gasteiger charge is -2.13. The molecule has 8 aromatic rings. The Morgan fingerprint density at radius 3 is 2.39 bits per heavy atom. The van der Waals surface area contributed by atoms with Gasteiger partial charge in [-0.05, 0) is 110 Å². The summed E-state index contributed by atoms with van der Waals surface area (Å²) >= 11 is 0. The van der Waals surface area contributed by atoms with Crippen LogP contribution in [0.3, 0.4) is 0 Å². The molecule has 6 heteroatoms. The minimum Gasteiger partial charge on any atom is -0.457 e. The molecule has 238 valence electrons. The molecule has 0 atom stereocenters. The van der Waals surface area contributed by atoms with Crippen LogP contribution < -0.4 is 4.74 Å². The minimum absolute atomic E-state index is 0.531. The number of nitriles is 1. The molecule has 0 radical (unpaired) electrons. The highest BCUT2D eigenvalue weighted by atomic mass is 16.5. The molecule has 0 spiro atoms. The van der Waals surface area contributed by atoms with Crippen molar-refractivity contribution in [2.75, 3.05) is 0 Å². The molecule has 0 bridgehead atoms. The van der Waals surface area contributed by atoms with Crippen molar-refractivity contribution in [3.63, 3.8) is 0 Å². The maximum atomic E-state index is 9.65. The molecule has 8 rings (SSSR count). The Labute approximate surface area is 285 Å². The summed E-state index contributed by atoms with van der Waals surface area (Å²) in [4.78, 5) is 9.67. The van der Waals surface area contributed by atoms with E-state index in [0.29, 0.717) is 17.2 Å². The number of rotatable bonds is 7. The smallest absolute Gasteiger partial charge is 0.137 e. The highest BCUT2D eigenvalue weighted by Gasteiger charge is 2.16. The van der Waals surface area contributed by atoms with E-state index in [1.54, 1.807) is 0 Å². The van der Waals surface area contributed by atoms with E-state index in [2.05, 4.69) is 110 Å². The van der Waals surface area contributed by atoms with Crippen LogP contribution in [0, 0.1) is 31.1 Å². The van der Waals surface area contributed by atoms with Crippen LogP contribution in [-0.2, 0) is 6.42 Å². The Morgan fingerprint density at radius 2 is 1.57 bits per heavy atom. The number of aromatic nitrogens is 4. The van der Waals surface area contributed by atoms with E-state index < -0.39 is 0 Å². The largest absolute Gasteiger partial charge is 0.457 e. The summed E-state index contributed by atoms with van der Waals surface area (Å²) in [5, 5.41) is 12.8. The first kappa shape index (κ1) is 30.2. The summed E-state index contributed by atoms with van der Waals surface area (Å²) in [7, 11) is 0. The molecule has 0 unspecified atom stereocenters. The summed E-state index contributed by atoms with van der Waals surface area (Å²) in [6, 6.07) is 37.2. The zero-order valence-electron chi connectivity index (χ0n) is 28.0. The molecule has 4 aromatic heterocycles. The maximum Gasteiger partial charge on any atom is 0.137 e. The molecule has 6 nitrogen and oxygen atoms in total. The summed E-state index contributed by atoms with van der Waals surface area (Å²) in [6.07, 6.45) is 6.93.